The molecule has 6 heteroatoms. The van der Waals surface area contributed by atoms with Gasteiger partial charge in [-0.2, -0.15) is 10.5 Å². The number of nitrogens with two attached hydrogens (primary N) is 2. The van der Waals surface area contributed by atoms with Crippen LogP contribution in [0.5, 0.6) is 0 Å². The molecule has 2 saturated carbocycles. The summed E-state index contributed by atoms with van der Waals surface area (Å²) in [5.74, 6) is 0. The lowest BCUT2D eigenvalue weighted by Gasteiger charge is -2.43. The molecule has 0 unspecified atom stereocenters. The minimum absolute atomic E-state index is 0.0924. The molecule has 6 aliphatic rings. The second-order valence-electron chi connectivity index (χ2n) is 13.9. The second-order valence-corrected chi connectivity index (χ2v) is 16.0. The third kappa shape index (κ3) is 4.03. The first kappa shape index (κ1) is 28.2. The van der Waals surface area contributed by atoms with Crippen LogP contribution in [0.1, 0.15) is 129 Å². The van der Waals surface area contributed by atoms with Crippen LogP contribution >= 0.6 is 22.7 Å². The highest BCUT2D eigenvalue weighted by Gasteiger charge is 2.55. The van der Waals surface area contributed by atoms with Crippen LogP contribution in [0.25, 0.3) is 21.4 Å². The summed E-state index contributed by atoms with van der Waals surface area (Å²) in [7, 11) is 0. The molecule has 0 saturated heterocycles. The molecule has 6 aliphatic carbocycles. The van der Waals surface area contributed by atoms with Gasteiger partial charge in [0.15, 0.2) is 0 Å². The van der Waals surface area contributed by atoms with Gasteiger partial charge in [0, 0.05) is 30.3 Å². The first-order valence-electron chi connectivity index (χ1n) is 16.7. The normalized spacial score (nSPS) is 25.3. The first-order chi connectivity index (χ1) is 21.5. The van der Waals surface area contributed by atoms with E-state index in [9.17, 15) is 10.5 Å². The Balaban J connectivity index is 1.30. The molecule has 0 amide bonds. The van der Waals surface area contributed by atoms with E-state index < -0.39 is 0 Å². The van der Waals surface area contributed by atoms with Crippen LogP contribution in [0.15, 0.2) is 51.9 Å². The smallest absolute Gasteiger partial charge is 0.117 e. The fraction of sp³-hybridized carbons (Fsp3) is 0.474. The zero-order chi connectivity index (χ0) is 30.1. The Hall–Kier alpha value is -3.32. The number of thiophene rings is 2. The molecule has 0 aliphatic heterocycles. The van der Waals surface area contributed by atoms with E-state index in [0.717, 1.165) is 49.7 Å². The van der Waals surface area contributed by atoms with Crippen molar-refractivity contribution < 1.29 is 0 Å². The highest BCUT2D eigenvalue weighted by Crippen LogP contribution is 2.68. The van der Waals surface area contributed by atoms with Crippen LogP contribution in [0, 0.1) is 22.7 Å². The van der Waals surface area contributed by atoms with Crippen molar-refractivity contribution in [1.29, 1.82) is 10.5 Å². The molecule has 4 nitrogen and oxygen atoms in total. The van der Waals surface area contributed by atoms with Gasteiger partial charge in [-0.3, -0.25) is 0 Å². The monoisotopic (exact) mass is 616 g/mol. The Morgan fingerprint density at radius 1 is 0.636 bits per heavy atom. The van der Waals surface area contributed by atoms with Gasteiger partial charge in [-0.25, -0.2) is 0 Å². The standard InChI is InChI=1S/C38H40N4S2/c39-21-29(41)24-10-7-9-23(17-24)27-19-32-33(37(27)13-3-1-4-14-37)34-36(44-32)35-28(38(34)15-5-2-6-16-38)20-31(43-35)26-12-8-11-25(18-26)30(42)22-40/h17-20H,1-16,41-42H2/b29-24+,30-25-. The van der Waals surface area contributed by atoms with E-state index >= 15 is 0 Å². The van der Waals surface area contributed by atoms with Crippen molar-refractivity contribution in [2.45, 2.75) is 114 Å². The van der Waals surface area contributed by atoms with Gasteiger partial charge in [0.2, 0.25) is 0 Å². The lowest BCUT2D eigenvalue weighted by Crippen LogP contribution is -2.35. The SMILES string of the molecule is N#C/C(N)=C1/C=C(c2cc3c(s2)-c2sc4c(c2C32CCCCC2)C2(CCCCC2)C(C2=C/C(=C(/N)C#N)CCC2)=C4)CCC1. The van der Waals surface area contributed by atoms with Crippen LogP contribution in [0.4, 0.5) is 0 Å². The number of hydrogen-bond acceptors (Lipinski definition) is 6. The van der Waals surface area contributed by atoms with Crippen LogP contribution in [-0.2, 0) is 10.8 Å². The van der Waals surface area contributed by atoms with Gasteiger partial charge in [-0.1, -0.05) is 50.7 Å². The number of rotatable bonds is 2. The van der Waals surface area contributed by atoms with E-state index in [1.54, 1.807) is 27.1 Å². The number of allylic oxidation sites excluding steroid dienone is 9. The maximum Gasteiger partial charge on any atom is 0.117 e. The van der Waals surface area contributed by atoms with Crippen molar-refractivity contribution >= 4 is 34.3 Å². The van der Waals surface area contributed by atoms with Crippen LogP contribution in [0.2, 0.25) is 0 Å². The van der Waals surface area contributed by atoms with Crippen molar-refractivity contribution in [1.82, 2.24) is 0 Å². The summed E-state index contributed by atoms with van der Waals surface area (Å²) in [6, 6.07) is 6.96. The second kappa shape index (κ2) is 10.6. The van der Waals surface area contributed by atoms with Crippen molar-refractivity contribution in [2.24, 2.45) is 11.5 Å². The van der Waals surface area contributed by atoms with Gasteiger partial charge in [-0.15, -0.1) is 22.7 Å². The molecule has 2 fully saturated rings. The molecule has 0 atom stereocenters. The van der Waals surface area contributed by atoms with Gasteiger partial charge in [0.25, 0.3) is 0 Å². The Morgan fingerprint density at radius 3 is 1.86 bits per heavy atom. The maximum absolute atomic E-state index is 9.55. The van der Waals surface area contributed by atoms with Crippen LogP contribution < -0.4 is 11.5 Å². The Morgan fingerprint density at radius 2 is 1.23 bits per heavy atom. The molecular weight excluding hydrogens is 577 g/mol. The average molecular weight is 617 g/mol. The molecule has 224 valence electrons. The van der Waals surface area contributed by atoms with Gasteiger partial charge in [-0.05, 0) is 121 Å². The molecule has 44 heavy (non-hydrogen) atoms. The van der Waals surface area contributed by atoms with Gasteiger partial charge < -0.3 is 11.5 Å². The minimum atomic E-state index is 0.0924. The Bertz CT molecular complexity index is 1810. The molecule has 4 N–H and O–H groups in total. The summed E-state index contributed by atoms with van der Waals surface area (Å²) in [5, 5.41) is 19.0. The fourth-order valence-electron chi connectivity index (χ4n) is 9.63. The zero-order valence-electron chi connectivity index (χ0n) is 25.5. The number of nitriles is 2. The van der Waals surface area contributed by atoms with E-state index in [1.165, 1.54) is 90.0 Å². The summed E-state index contributed by atoms with van der Waals surface area (Å²) < 4.78 is 0. The zero-order valence-corrected chi connectivity index (χ0v) is 27.1. The summed E-state index contributed by atoms with van der Waals surface area (Å²) in [6.07, 6.45) is 25.9. The molecule has 2 heterocycles. The maximum atomic E-state index is 9.55. The Labute approximate surface area is 269 Å². The molecule has 2 spiro atoms. The van der Waals surface area contributed by atoms with Crippen molar-refractivity contribution in [2.75, 3.05) is 0 Å². The predicted molar refractivity (Wildman–Crippen MR) is 182 cm³/mol. The molecule has 0 radical (unpaired) electrons. The molecule has 0 bridgehead atoms. The number of nitrogens with zero attached hydrogens (tertiary/aromatic N) is 2. The minimum Gasteiger partial charge on any atom is -0.390 e. The van der Waals surface area contributed by atoms with E-state index in [4.69, 9.17) is 11.5 Å². The van der Waals surface area contributed by atoms with E-state index in [2.05, 4.69) is 47.8 Å². The first-order valence-corrected chi connectivity index (χ1v) is 18.4. The summed E-state index contributed by atoms with van der Waals surface area (Å²) in [5.41, 5.74) is 24.6. The Kier molecular flexibility index (Phi) is 6.82. The molecular formula is C38H40N4S2. The lowest BCUT2D eigenvalue weighted by molar-refractivity contribution is 0.322. The molecule has 0 aromatic carbocycles. The largest absolute Gasteiger partial charge is 0.390 e. The topological polar surface area (TPSA) is 99.6 Å². The third-order valence-electron chi connectivity index (χ3n) is 11.6. The van der Waals surface area contributed by atoms with Crippen LogP contribution in [-0.4, -0.2) is 0 Å². The number of hydrogen-bond donors (Lipinski definition) is 2. The third-order valence-corrected chi connectivity index (χ3v) is 14.1. The van der Waals surface area contributed by atoms with Crippen molar-refractivity contribution in [3.63, 3.8) is 0 Å². The van der Waals surface area contributed by atoms with Crippen molar-refractivity contribution in [3.8, 4) is 21.9 Å². The van der Waals surface area contributed by atoms with Crippen molar-refractivity contribution in [3.05, 3.63) is 78.3 Å². The highest BCUT2D eigenvalue weighted by atomic mass is 32.1. The van der Waals surface area contributed by atoms with Gasteiger partial charge >= 0.3 is 0 Å². The quantitative estimate of drug-likeness (QED) is 0.328. The summed E-state index contributed by atoms with van der Waals surface area (Å²) in [4.78, 5) is 5.96. The van der Waals surface area contributed by atoms with E-state index in [1.807, 2.05) is 11.3 Å². The summed E-state index contributed by atoms with van der Waals surface area (Å²) >= 11 is 4.06. The molecule has 2 aromatic rings. The van der Waals surface area contributed by atoms with Crippen LogP contribution in [0.3, 0.4) is 0 Å². The average Bonchev–Trinajstić information content (AvgIpc) is 3.81. The van der Waals surface area contributed by atoms with E-state index in [0.29, 0.717) is 11.4 Å². The van der Waals surface area contributed by atoms with E-state index in [-0.39, 0.29) is 10.8 Å². The summed E-state index contributed by atoms with van der Waals surface area (Å²) in [6.45, 7) is 0. The molecule has 2 aromatic heterocycles. The number of fused-ring (bicyclic) bond motifs is 8. The predicted octanol–water partition coefficient (Wildman–Crippen LogP) is 9.79. The fourth-order valence-corrected chi connectivity index (χ4v) is 12.5. The highest BCUT2D eigenvalue weighted by molar-refractivity contribution is 7.23. The molecule has 8 rings (SSSR count). The lowest BCUT2D eigenvalue weighted by atomic mass is 9.60. The van der Waals surface area contributed by atoms with Gasteiger partial charge in [0.05, 0.1) is 0 Å². The van der Waals surface area contributed by atoms with Gasteiger partial charge in [0.1, 0.15) is 23.5 Å².